The molecule has 28 heavy (non-hydrogen) atoms. The summed E-state index contributed by atoms with van der Waals surface area (Å²) in [5.74, 6) is 0.357. The molecule has 150 valence electrons. The van der Waals surface area contributed by atoms with Gasteiger partial charge in [-0.3, -0.25) is 4.79 Å². The summed E-state index contributed by atoms with van der Waals surface area (Å²) in [5, 5.41) is 3.14. The average Bonchev–Trinajstić information content (AvgIpc) is 3.12. The third-order valence-corrected chi connectivity index (χ3v) is 5.81. The van der Waals surface area contributed by atoms with Gasteiger partial charge in [-0.2, -0.15) is 0 Å². The minimum atomic E-state index is -0.193. The normalized spacial score (nSPS) is 23.8. The molecule has 2 aliphatic rings. The first-order chi connectivity index (χ1) is 13.5. The third-order valence-electron chi connectivity index (χ3n) is 5.81. The van der Waals surface area contributed by atoms with Crippen molar-refractivity contribution in [2.24, 2.45) is 7.05 Å². The minimum absolute atomic E-state index is 0.153. The Kier molecular flexibility index (Phi) is 5.16. The summed E-state index contributed by atoms with van der Waals surface area (Å²) < 4.78 is 12.7. The van der Waals surface area contributed by atoms with Crippen LogP contribution in [0.2, 0.25) is 0 Å². The van der Waals surface area contributed by atoms with Gasteiger partial charge in [0.2, 0.25) is 0 Å². The zero-order valence-corrected chi connectivity index (χ0v) is 16.6. The van der Waals surface area contributed by atoms with Crippen LogP contribution < -0.4 is 5.32 Å². The maximum atomic E-state index is 13.0. The fourth-order valence-electron chi connectivity index (χ4n) is 3.82. The van der Waals surface area contributed by atoms with E-state index in [0.717, 1.165) is 37.1 Å². The van der Waals surface area contributed by atoms with Gasteiger partial charge in [-0.15, -0.1) is 0 Å². The van der Waals surface area contributed by atoms with Crippen molar-refractivity contribution >= 4 is 5.91 Å². The number of aromatic nitrogens is 4. The van der Waals surface area contributed by atoms with E-state index in [0.29, 0.717) is 30.8 Å². The van der Waals surface area contributed by atoms with Crippen molar-refractivity contribution in [1.29, 1.82) is 0 Å². The summed E-state index contributed by atoms with van der Waals surface area (Å²) in [6.07, 6.45) is 7.48. The average molecular weight is 385 g/mol. The quantitative estimate of drug-likeness (QED) is 0.845. The van der Waals surface area contributed by atoms with Crippen LogP contribution in [-0.2, 0) is 21.9 Å². The Morgan fingerprint density at radius 2 is 2.04 bits per heavy atom. The second kappa shape index (κ2) is 7.60. The number of nitrogens with zero attached hydrogens (tertiary/aromatic N) is 4. The van der Waals surface area contributed by atoms with Gasteiger partial charge in [0, 0.05) is 20.2 Å². The van der Waals surface area contributed by atoms with Gasteiger partial charge in [-0.1, -0.05) is 0 Å². The van der Waals surface area contributed by atoms with Crippen LogP contribution in [0, 0.1) is 0 Å². The van der Waals surface area contributed by atoms with Crippen LogP contribution in [0.3, 0.4) is 0 Å². The highest BCUT2D eigenvalue weighted by molar-refractivity contribution is 5.93. The first kappa shape index (κ1) is 19.0. The third kappa shape index (κ3) is 3.66. The molecule has 2 fully saturated rings. The summed E-state index contributed by atoms with van der Waals surface area (Å²) in [6.45, 7) is 3.29. The molecule has 1 aliphatic heterocycles. The van der Waals surface area contributed by atoms with Crippen molar-refractivity contribution in [2.75, 3.05) is 20.3 Å². The maximum absolute atomic E-state index is 13.0. The predicted molar refractivity (Wildman–Crippen MR) is 103 cm³/mol. The summed E-state index contributed by atoms with van der Waals surface area (Å²) >= 11 is 0. The molecule has 0 unspecified atom stereocenters. The SMILES string of the molecule is CO[C@H]1CC[C@H](NC(=O)c2cc(C3(C)COC3)nc(-c3cncn3C)n2)CC1. The van der Waals surface area contributed by atoms with E-state index in [1.54, 1.807) is 25.7 Å². The van der Waals surface area contributed by atoms with Gasteiger partial charge >= 0.3 is 0 Å². The molecule has 0 spiro atoms. The van der Waals surface area contributed by atoms with Crippen molar-refractivity contribution in [2.45, 2.75) is 50.2 Å². The monoisotopic (exact) mass is 385 g/mol. The van der Waals surface area contributed by atoms with Crippen LogP contribution in [0.15, 0.2) is 18.6 Å². The Morgan fingerprint density at radius 1 is 1.29 bits per heavy atom. The number of carbonyl (C=O) groups excluding carboxylic acids is 1. The van der Waals surface area contributed by atoms with E-state index in [-0.39, 0.29) is 17.4 Å². The Bertz CT molecular complexity index is 853. The van der Waals surface area contributed by atoms with Crippen LogP contribution in [0.25, 0.3) is 11.5 Å². The number of rotatable bonds is 5. The van der Waals surface area contributed by atoms with E-state index in [2.05, 4.69) is 22.2 Å². The summed E-state index contributed by atoms with van der Waals surface area (Å²) in [4.78, 5) is 26.4. The van der Waals surface area contributed by atoms with Crippen molar-refractivity contribution in [3.8, 4) is 11.5 Å². The van der Waals surface area contributed by atoms with E-state index in [1.165, 1.54) is 0 Å². The Morgan fingerprint density at radius 3 is 2.61 bits per heavy atom. The van der Waals surface area contributed by atoms with Crippen LogP contribution >= 0.6 is 0 Å². The zero-order valence-electron chi connectivity index (χ0n) is 16.6. The Balaban J connectivity index is 1.59. The van der Waals surface area contributed by atoms with Crippen LogP contribution in [0.4, 0.5) is 0 Å². The number of nitrogens with one attached hydrogen (secondary N) is 1. The molecule has 0 bridgehead atoms. The number of imidazole rings is 1. The highest BCUT2D eigenvalue weighted by Crippen LogP contribution is 2.32. The summed E-state index contributed by atoms with van der Waals surface area (Å²) in [5.41, 5.74) is 1.81. The van der Waals surface area contributed by atoms with Gasteiger partial charge < -0.3 is 19.4 Å². The van der Waals surface area contributed by atoms with Crippen LogP contribution in [-0.4, -0.2) is 57.9 Å². The lowest BCUT2D eigenvalue weighted by Crippen LogP contribution is -2.45. The number of hydrogen-bond donors (Lipinski definition) is 1. The standard InChI is InChI=1S/C20H27N5O3/c1-20(10-28-11-20)17-8-15(23-18(24-17)16-9-21-12-25(16)2)19(26)22-13-4-6-14(27-3)7-5-13/h8-9,12-14H,4-7,10-11H2,1-3H3,(H,22,26)/t13-,14-. The zero-order chi connectivity index (χ0) is 19.7. The van der Waals surface area contributed by atoms with E-state index in [9.17, 15) is 4.79 Å². The summed E-state index contributed by atoms with van der Waals surface area (Å²) in [7, 11) is 3.64. The number of ether oxygens (including phenoxy) is 2. The Hall–Kier alpha value is -2.32. The molecule has 2 aromatic rings. The molecule has 0 aromatic carbocycles. The molecule has 8 nitrogen and oxygen atoms in total. The number of aryl methyl sites for hydroxylation is 1. The van der Waals surface area contributed by atoms with Gasteiger partial charge in [-0.25, -0.2) is 15.0 Å². The highest BCUT2D eigenvalue weighted by atomic mass is 16.5. The largest absolute Gasteiger partial charge is 0.381 e. The summed E-state index contributed by atoms with van der Waals surface area (Å²) in [6, 6.07) is 1.96. The molecule has 1 saturated heterocycles. The van der Waals surface area contributed by atoms with E-state index in [1.807, 2.05) is 11.6 Å². The molecule has 4 rings (SSSR count). The van der Waals surface area contributed by atoms with Gasteiger partial charge in [0.05, 0.1) is 43.0 Å². The van der Waals surface area contributed by atoms with Gasteiger partial charge in [0.25, 0.3) is 5.91 Å². The molecule has 1 amide bonds. The predicted octanol–water partition coefficient (Wildman–Crippen LogP) is 1.85. The first-order valence-corrected chi connectivity index (χ1v) is 9.76. The molecular formula is C20H27N5O3. The molecule has 2 aromatic heterocycles. The second-order valence-corrected chi connectivity index (χ2v) is 8.09. The second-order valence-electron chi connectivity index (χ2n) is 8.09. The van der Waals surface area contributed by atoms with E-state index in [4.69, 9.17) is 14.5 Å². The van der Waals surface area contributed by atoms with Crippen LogP contribution in [0.5, 0.6) is 0 Å². The topological polar surface area (TPSA) is 91.2 Å². The number of amides is 1. The maximum Gasteiger partial charge on any atom is 0.270 e. The van der Waals surface area contributed by atoms with Crippen molar-refractivity contribution < 1.29 is 14.3 Å². The van der Waals surface area contributed by atoms with Crippen molar-refractivity contribution in [3.05, 3.63) is 30.0 Å². The first-order valence-electron chi connectivity index (χ1n) is 9.76. The number of carbonyl (C=O) groups is 1. The van der Waals surface area contributed by atoms with E-state index >= 15 is 0 Å². The molecule has 1 aliphatic carbocycles. The van der Waals surface area contributed by atoms with Crippen LogP contribution in [0.1, 0.15) is 48.8 Å². The minimum Gasteiger partial charge on any atom is -0.381 e. The fourth-order valence-corrected chi connectivity index (χ4v) is 3.82. The fraction of sp³-hybridized carbons (Fsp3) is 0.600. The van der Waals surface area contributed by atoms with E-state index < -0.39 is 0 Å². The lowest BCUT2D eigenvalue weighted by atomic mass is 9.84. The van der Waals surface area contributed by atoms with Gasteiger partial charge in [0.1, 0.15) is 11.4 Å². The molecule has 1 saturated carbocycles. The molecule has 1 N–H and O–H groups in total. The number of methoxy groups -OCH3 is 1. The molecule has 0 radical (unpaired) electrons. The molecule has 8 heteroatoms. The molecule has 0 atom stereocenters. The van der Waals surface area contributed by atoms with Gasteiger partial charge in [0.15, 0.2) is 5.82 Å². The lowest BCUT2D eigenvalue weighted by Gasteiger charge is -2.37. The highest BCUT2D eigenvalue weighted by Gasteiger charge is 2.38. The smallest absolute Gasteiger partial charge is 0.270 e. The number of hydrogen-bond acceptors (Lipinski definition) is 6. The lowest BCUT2D eigenvalue weighted by molar-refractivity contribution is -0.0521. The Labute approximate surface area is 164 Å². The van der Waals surface area contributed by atoms with Crippen molar-refractivity contribution in [1.82, 2.24) is 24.8 Å². The molecular weight excluding hydrogens is 358 g/mol. The van der Waals surface area contributed by atoms with Gasteiger partial charge in [-0.05, 0) is 38.7 Å². The van der Waals surface area contributed by atoms with Crippen molar-refractivity contribution in [3.63, 3.8) is 0 Å². The molecule has 3 heterocycles.